The van der Waals surface area contributed by atoms with Crippen molar-refractivity contribution in [2.24, 2.45) is 0 Å². The lowest BCUT2D eigenvalue weighted by atomic mass is 10.1. The molecule has 0 saturated heterocycles. The molecule has 0 bridgehead atoms. The highest BCUT2D eigenvalue weighted by Crippen LogP contribution is 2.01. The van der Waals surface area contributed by atoms with Gasteiger partial charge in [0.15, 0.2) is 0 Å². The van der Waals surface area contributed by atoms with Crippen molar-refractivity contribution < 1.29 is 14.3 Å². The molecule has 0 aliphatic rings. The van der Waals surface area contributed by atoms with Gasteiger partial charge in [0.25, 0.3) is 5.78 Å². The molecule has 1 aromatic rings. The highest BCUT2D eigenvalue weighted by atomic mass is 16.5. The molecule has 0 heterocycles. The maximum absolute atomic E-state index is 11.6. The molecule has 0 aliphatic carbocycles. The van der Waals surface area contributed by atoms with Crippen LogP contribution in [0.3, 0.4) is 0 Å². The molecule has 0 fully saturated rings. The molecule has 0 aliphatic heterocycles. The van der Waals surface area contributed by atoms with Crippen molar-refractivity contribution in [2.45, 2.75) is 19.8 Å². The van der Waals surface area contributed by atoms with Crippen LogP contribution in [0.5, 0.6) is 0 Å². The number of hydrogen-bond donors (Lipinski definition) is 0. The van der Waals surface area contributed by atoms with Crippen LogP contribution in [-0.2, 0) is 9.53 Å². The molecule has 0 aromatic heterocycles. The van der Waals surface area contributed by atoms with Gasteiger partial charge < -0.3 is 4.74 Å². The van der Waals surface area contributed by atoms with Gasteiger partial charge >= 0.3 is 5.97 Å². The fourth-order valence-corrected chi connectivity index (χ4v) is 1.18. The second-order valence-corrected chi connectivity index (χ2v) is 3.29. The molecule has 3 nitrogen and oxygen atoms in total. The largest absolute Gasteiger partial charge is 0.459 e. The quantitative estimate of drug-likeness (QED) is 0.262. The van der Waals surface area contributed by atoms with Crippen molar-refractivity contribution in [3.63, 3.8) is 0 Å². The van der Waals surface area contributed by atoms with E-state index in [0.717, 1.165) is 6.42 Å². The average molecular weight is 230 g/mol. The van der Waals surface area contributed by atoms with E-state index in [1.807, 2.05) is 6.92 Å². The number of ether oxygens (including phenoxy) is 1. The summed E-state index contributed by atoms with van der Waals surface area (Å²) < 4.78 is 4.81. The van der Waals surface area contributed by atoms with Crippen LogP contribution in [0.2, 0.25) is 0 Å². The Labute approximate surface area is 101 Å². The Hall–Kier alpha value is -2.08. The number of esters is 1. The summed E-state index contributed by atoms with van der Waals surface area (Å²) >= 11 is 0. The second kappa shape index (κ2) is 7.24. The highest BCUT2D eigenvalue weighted by Gasteiger charge is 2.16. The second-order valence-electron chi connectivity index (χ2n) is 3.29. The van der Waals surface area contributed by atoms with Gasteiger partial charge in [0.2, 0.25) is 0 Å². The van der Waals surface area contributed by atoms with Crippen molar-refractivity contribution >= 4 is 11.8 Å². The van der Waals surface area contributed by atoms with E-state index < -0.39 is 11.8 Å². The SMILES string of the molecule is CCC#CCCOC(=O)C(=O)c1ccccc1. The van der Waals surface area contributed by atoms with Gasteiger partial charge in [-0.15, -0.1) is 5.92 Å². The molecular weight excluding hydrogens is 216 g/mol. The van der Waals surface area contributed by atoms with E-state index in [2.05, 4.69) is 11.8 Å². The minimum Gasteiger partial charge on any atom is -0.459 e. The standard InChI is InChI=1S/C14H14O3/c1-2-3-4-8-11-17-14(16)13(15)12-9-6-5-7-10-12/h5-7,9-10H,2,8,11H2,1H3. The van der Waals surface area contributed by atoms with E-state index in [0.29, 0.717) is 12.0 Å². The zero-order chi connectivity index (χ0) is 12.5. The molecule has 1 aromatic carbocycles. The minimum absolute atomic E-state index is 0.157. The smallest absolute Gasteiger partial charge is 0.379 e. The lowest BCUT2D eigenvalue weighted by molar-refractivity contribution is -0.137. The van der Waals surface area contributed by atoms with E-state index in [9.17, 15) is 9.59 Å². The fraction of sp³-hybridized carbons (Fsp3) is 0.286. The molecule has 0 unspecified atom stereocenters. The molecule has 0 amide bonds. The maximum atomic E-state index is 11.6. The summed E-state index contributed by atoms with van der Waals surface area (Å²) in [6.07, 6.45) is 1.23. The Morgan fingerprint density at radius 3 is 2.53 bits per heavy atom. The molecular formula is C14H14O3. The third-order valence-electron chi connectivity index (χ3n) is 1.98. The van der Waals surface area contributed by atoms with Gasteiger partial charge in [-0.25, -0.2) is 4.79 Å². The Morgan fingerprint density at radius 2 is 1.88 bits per heavy atom. The van der Waals surface area contributed by atoms with Crippen LogP contribution in [0.1, 0.15) is 30.1 Å². The lowest BCUT2D eigenvalue weighted by Crippen LogP contribution is -2.17. The van der Waals surface area contributed by atoms with Gasteiger partial charge in [0, 0.05) is 18.4 Å². The summed E-state index contributed by atoms with van der Waals surface area (Å²) in [5.74, 6) is 4.25. The average Bonchev–Trinajstić information content (AvgIpc) is 2.38. The zero-order valence-corrected chi connectivity index (χ0v) is 9.73. The van der Waals surface area contributed by atoms with Crippen LogP contribution in [0, 0.1) is 11.8 Å². The molecule has 3 heteroatoms. The molecule has 0 spiro atoms. The van der Waals surface area contributed by atoms with E-state index in [1.165, 1.54) is 0 Å². The Bertz CT molecular complexity index is 438. The van der Waals surface area contributed by atoms with Crippen molar-refractivity contribution in [1.29, 1.82) is 0 Å². The van der Waals surface area contributed by atoms with E-state index in [1.54, 1.807) is 30.3 Å². The van der Waals surface area contributed by atoms with Crippen molar-refractivity contribution in [3.05, 3.63) is 35.9 Å². The minimum atomic E-state index is -0.825. The summed E-state index contributed by atoms with van der Waals surface area (Å²) in [5, 5.41) is 0. The summed E-state index contributed by atoms with van der Waals surface area (Å²) in [6.45, 7) is 2.10. The van der Waals surface area contributed by atoms with Crippen LogP contribution < -0.4 is 0 Å². The van der Waals surface area contributed by atoms with Crippen LogP contribution in [-0.4, -0.2) is 18.4 Å². The van der Waals surface area contributed by atoms with Gasteiger partial charge in [-0.3, -0.25) is 4.79 Å². The lowest BCUT2D eigenvalue weighted by Gasteiger charge is -2.01. The first kappa shape index (κ1) is 13.0. The monoisotopic (exact) mass is 230 g/mol. The van der Waals surface area contributed by atoms with Gasteiger partial charge in [0.05, 0.1) is 0 Å². The molecule has 0 saturated carbocycles. The first-order valence-electron chi connectivity index (χ1n) is 5.48. The number of carbonyl (C=O) groups excluding carboxylic acids is 2. The first-order valence-corrected chi connectivity index (χ1v) is 5.48. The maximum Gasteiger partial charge on any atom is 0.379 e. The van der Waals surface area contributed by atoms with E-state index >= 15 is 0 Å². The van der Waals surface area contributed by atoms with Crippen LogP contribution >= 0.6 is 0 Å². The molecule has 88 valence electrons. The summed E-state index contributed by atoms with van der Waals surface area (Å²) in [4.78, 5) is 22.9. The van der Waals surface area contributed by atoms with E-state index in [-0.39, 0.29) is 6.61 Å². The predicted molar refractivity (Wildman–Crippen MR) is 64.4 cm³/mol. The Morgan fingerprint density at radius 1 is 1.18 bits per heavy atom. The van der Waals surface area contributed by atoms with E-state index in [4.69, 9.17) is 4.74 Å². The summed E-state index contributed by atoms with van der Waals surface area (Å²) in [7, 11) is 0. The summed E-state index contributed by atoms with van der Waals surface area (Å²) in [6, 6.07) is 8.35. The number of Topliss-reactive ketones (excluding diaryl/α,β-unsaturated/α-hetero) is 1. The van der Waals surface area contributed by atoms with Gasteiger partial charge in [-0.1, -0.05) is 43.2 Å². The molecule has 17 heavy (non-hydrogen) atoms. The number of ketones is 1. The number of hydrogen-bond acceptors (Lipinski definition) is 3. The Balaban J connectivity index is 2.41. The third-order valence-corrected chi connectivity index (χ3v) is 1.98. The molecule has 1 rings (SSSR count). The van der Waals surface area contributed by atoms with Gasteiger partial charge in [-0.05, 0) is 0 Å². The number of benzene rings is 1. The highest BCUT2D eigenvalue weighted by molar-refractivity contribution is 6.40. The van der Waals surface area contributed by atoms with Gasteiger partial charge in [-0.2, -0.15) is 0 Å². The normalized spacial score (nSPS) is 9.00. The van der Waals surface area contributed by atoms with Crippen LogP contribution in [0.4, 0.5) is 0 Å². The number of carbonyl (C=O) groups is 2. The Kier molecular flexibility index (Phi) is 5.53. The molecule has 0 N–H and O–H groups in total. The topological polar surface area (TPSA) is 43.4 Å². The van der Waals surface area contributed by atoms with Gasteiger partial charge in [0.1, 0.15) is 6.61 Å². The molecule has 0 radical (unpaired) electrons. The van der Waals surface area contributed by atoms with Crippen LogP contribution in [0.15, 0.2) is 30.3 Å². The summed E-state index contributed by atoms with van der Waals surface area (Å²) in [5.41, 5.74) is 0.345. The molecule has 0 atom stereocenters. The fourth-order valence-electron chi connectivity index (χ4n) is 1.18. The zero-order valence-electron chi connectivity index (χ0n) is 9.73. The van der Waals surface area contributed by atoms with Crippen molar-refractivity contribution in [2.75, 3.05) is 6.61 Å². The third kappa shape index (κ3) is 4.52. The van der Waals surface area contributed by atoms with Crippen molar-refractivity contribution in [3.8, 4) is 11.8 Å². The number of rotatable bonds is 4. The predicted octanol–water partition coefficient (Wildman–Crippen LogP) is 2.22. The van der Waals surface area contributed by atoms with Crippen LogP contribution in [0.25, 0.3) is 0 Å². The first-order chi connectivity index (χ1) is 8.25. The van der Waals surface area contributed by atoms with Crippen molar-refractivity contribution in [1.82, 2.24) is 0 Å².